The van der Waals surface area contributed by atoms with Crippen LogP contribution >= 0.6 is 0 Å². The quantitative estimate of drug-likeness (QED) is 0.458. The van der Waals surface area contributed by atoms with E-state index >= 15 is 0 Å². The zero-order chi connectivity index (χ0) is 21.2. The molecule has 0 aromatic heterocycles. The minimum Gasteiger partial charge on any atom is -0.237 e. The Bertz CT molecular complexity index is 509. The molecule has 0 bridgehead atoms. The summed E-state index contributed by atoms with van der Waals surface area (Å²) in [6, 6.07) is 0. The van der Waals surface area contributed by atoms with Crippen molar-refractivity contribution in [3.8, 4) is 0 Å². The summed E-state index contributed by atoms with van der Waals surface area (Å²) in [4.78, 5) is 0. The predicted molar refractivity (Wildman–Crippen MR) is 51.1 cm³/mol. The lowest BCUT2D eigenvalue weighted by atomic mass is 9.55. The topological polar surface area (TPSA) is 0 Å². The molecule has 2 saturated carbocycles. The van der Waals surface area contributed by atoms with E-state index in [0.717, 1.165) is 0 Å². The molecule has 3 atom stereocenters. The molecule has 0 N–H and O–H groups in total. The van der Waals surface area contributed by atoms with Crippen molar-refractivity contribution in [2.45, 2.75) is 54.1 Å². The number of fused-ring (bicyclic) bond motifs is 1. The van der Waals surface area contributed by atoms with Crippen LogP contribution in [0.4, 0.5) is 65.9 Å². The zero-order valence-corrected chi connectivity index (χ0v) is 11.8. The normalized spacial score (nSPS) is 43.4. The van der Waals surface area contributed by atoms with Crippen molar-refractivity contribution in [3.63, 3.8) is 0 Å². The molecular formula is C11H5F15. The molecule has 0 aliphatic heterocycles. The number of hydrogen-bond donors (Lipinski definition) is 0. The molecule has 0 heterocycles. The zero-order valence-electron chi connectivity index (χ0n) is 11.8. The predicted octanol–water partition coefficient (Wildman–Crippen LogP) is 5.42. The van der Waals surface area contributed by atoms with Gasteiger partial charge in [-0.15, -0.1) is 0 Å². The summed E-state index contributed by atoms with van der Waals surface area (Å²) in [5.74, 6) is -60.7. The van der Waals surface area contributed by atoms with Gasteiger partial charge < -0.3 is 0 Å². The van der Waals surface area contributed by atoms with Gasteiger partial charge in [0.1, 0.15) is 5.92 Å². The Labute approximate surface area is 133 Å². The van der Waals surface area contributed by atoms with E-state index in [2.05, 4.69) is 0 Å². The van der Waals surface area contributed by atoms with Crippen molar-refractivity contribution in [1.29, 1.82) is 0 Å². The first kappa shape index (κ1) is 21.3. The van der Waals surface area contributed by atoms with Gasteiger partial charge in [0.05, 0.1) is 5.92 Å². The summed E-state index contributed by atoms with van der Waals surface area (Å²) in [7, 11) is 0. The summed E-state index contributed by atoms with van der Waals surface area (Å²) >= 11 is 0. The van der Waals surface area contributed by atoms with Crippen LogP contribution in [0, 0.1) is 11.8 Å². The molecule has 0 aromatic carbocycles. The molecule has 0 spiro atoms. The molecule has 0 saturated heterocycles. The highest BCUT2D eigenvalue weighted by Gasteiger charge is 3.01. The molecule has 154 valence electrons. The molecule has 26 heavy (non-hydrogen) atoms. The van der Waals surface area contributed by atoms with Gasteiger partial charge in [-0.1, -0.05) is 0 Å². The summed E-state index contributed by atoms with van der Waals surface area (Å²) in [6.45, 7) is -1.03. The van der Waals surface area contributed by atoms with Gasteiger partial charge in [0.15, 0.2) is 5.67 Å². The van der Waals surface area contributed by atoms with E-state index in [0.29, 0.717) is 0 Å². The fourth-order valence-corrected chi connectivity index (χ4v) is 3.23. The van der Waals surface area contributed by atoms with Gasteiger partial charge in [-0.2, -0.15) is 61.5 Å². The third-order valence-electron chi connectivity index (χ3n) is 4.75. The lowest BCUT2D eigenvalue weighted by Crippen LogP contribution is -2.86. The van der Waals surface area contributed by atoms with Gasteiger partial charge in [-0.25, -0.2) is 4.39 Å². The van der Waals surface area contributed by atoms with Gasteiger partial charge in [-0.3, -0.25) is 0 Å². The average Bonchev–Trinajstić information content (AvgIpc) is 2.39. The SMILES string of the molecule is CC1(F)C2C(C(F)(F)C(F)(F)C1(F)F)C(F)(F)C(F)(F)C(F)(F)C2(F)F. The van der Waals surface area contributed by atoms with Crippen molar-refractivity contribution in [2.75, 3.05) is 0 Å². The monoisotopic (exact) mass is 422 g/mol. The molecular weight excluding hydrogens is 417 g/mol. The first-order valence-corrected chi connectivity index (χ1v) is 6.32. The molecule has 15 heteroatoms. The van der Waals surface area contributed by atoms with Gasteiger partial charge in [-0.05, 0) is 6.92 Å². The average molecular weight is 422 g/mol. The first-order valence-electron chi connectivity index (χ1n) is 6.32. The van der Waals surface area contributed by atoms with E-state index in [-0.39, 0.29) is 0 Å². The molecule has 2 rings (SSSR count). The number of hydrogen-bond acceptors (Lipinski definition) is 0. The van der Waals surface area contributed by atoms with Crippen LogP contribution in [0.2, 0.25) is 0 Å². The highest BCUT2D eigenvalue weighted by Crippen LogP contribution is 2.75. The van der Waals surface area contributed by atoms with Crippen molar-refractivity contribution in [1.82, 2.24) is 0 Å². The molecule has 2 aliphatic rings. The van der Waals surface area contributed by atoms with Crippen LogP contribution in [0.1, 0.15) is 6.92 Å². The molecule has 0 amide bonds. The van der Waals surface area contributed by atoms with Crippen LogP contribution in [-0.4, -0.2) is 47.1 Å². The highest BCUT2D eigenvalue weighted by molar-refractivity contribution is 5.29. The highest BCUT2D eigenvalue weighted by atomic mass is 19.4. The Morgan fingerprint density at radius 3 is 0.923 bits per heavy atom. The van der Waals surface area contributed by atoms with Gasteiger partial charge >= 0.3 is 41.5 Å². The van der Waals surface area contributed by atoms with Crippen molar-refractivity contribution in [2.24, 2.45) is 11.8 Å². The van der Waals surface area contributed by atoms with Crippen LogP contribution in [-0.2, 0) is 0 Å². The smallest absolute Gasteiger partial charge is 0.237 e. The van der Waals surface area contributed by atoms with E-state index in [1.54, 1.807) is 0 Å². The summed E-state index contributed by atoms with van der Waals surface area (Å²) in [5.41, 5.74) is -5.84. The first-order chi connectivity index (χ1) is 11.0. The Morgan fingerprint density at radius 2 is 0.615 bits per heavy atom. The molecule has 0 nitrogen and oxygen atoms in total. The molecule has 2 fully saturated rings. The fraction of sp³-hybridized carbons (Fsp3) is 1.00. The van der Waals surface area contributed by atoms with Gasteiger partial charge in [0.2, 0.25) is 0 Å². The second-order valence-corrected chi connectivity index (χ2v) is 6.20. The van der Waals surface area contributed by atoms with Crippen LogP contribution in [0.3, 0.4) is 0 Å². The lowest BCUT2D eigenvalue weighted by Gasteiger charge is -2.60. The molecule has 0 radical (unpaired) electrons. The van der Waals surface area contributed by atoms with Crippen molar-refractivity contribution >= 4 is 0 Å². The lowest BCUT2D eigenvalue weighted by molar-refractivity contribution is -0.498. The van der Waals surface area contributed by atoms with E-state index in [9.17, 15) is 65.9 Å². The Kier molecular flexibility index (Phi) is 3.68. The van der Waals surface area contributed by atoms with Crippen molar-refractivity contribution < 1.29 is 65.9 Å². The summed E-state index contributed by atoms with van der Waals surface area (Å²) in [5, 5.41) is 0. The van der Waals surface area contributed by atoms with Crippen molar-refractivity contribution in [3.05, 3.63) is 0 Å². The number of alkyl halides is 15. The summed E-state index contributed by atoms with van der Waals surface area (Å²) < 4.78 is 202. The Hall–Kier alpha value is -1.05. The Balaban J connectivity index is 2.99. The van der Waals surface area contributed by atoms with E-state index in [1.165, 1.54) is 0 Å². The maximum atomic E-state index is 14.1. The molecule has 3 unspecified atom stereocenters. The minimum absolute atomic E-state index is 1.03. The second kappa shape index (κ2) is 4.50. The van der Waals surface area contributed by atoms with E-state index in [1.807, 2.05) is 0 Å². The van der Waals surface area contributed by atoms with E-state index in [4.69, 9.17) is 0 Å². The van der Waals surface area contributed by atoms with Crippen LogP contribution in [0.5, 0.6) is 0 Å². The fourth-order valence-electron chi connectivity index (χ4n) is 3.23. The van der Waals surface area contributed by atoms with Gasteiger partial charge in [0.25, 0.3) is 0 Å². The maximum Gasteiger partial charge on any atom is 0.378 e. The standard InChI is InChI=1S/C11H5F15/c1-4(12)2-3(6(15,16)9(21,22)8(4,19)20)7(17,18)11(25,26)10(23,24)5(2,13)14/h2-3H,1H3. The third kappa shape index (κ3) is 1.69. The van der Waals surface area contributed by atoms with Gasteiger partial charge in [0, 0.05) is 0 Å². The minimum atomic E-state index is -7.38. The Morgan fingerprint density at radius 1 is 0.385 bits per heavy atom. The van der Waals surface area contributed by atoms with E-state index < -0.39 is 65.9 Å². The summed E-state index contributed by atoms with van der Waals surface area (Å²) in [6.07, 6.45) is 0. The van der Waals surface area contributed by atoms with Crippen LogP contribution in [0.15, 0.2) is 0 Å². The molecule has 0 aromatic rings. The second-order valence-electron chi connectivity index (χ2n) is 6.20. The number of rotatable bonds is 0. The largest absolute Gasteiger partial charge is 0.378 e. The van der Waals surface area contributed by atoms with Crippen LogP contribution in [0.25, 0.3) is 0 Å². The number of halogens is 15. The van der Waals surface area contributed by atoms with Crippen LogP contribution < -0.4 is 0 Å². The maximum absolute atomic E-state index is 14.1. The third-order valence-corrected chi connectivity index (χ3v) is 4.75. The molecule has 2 aliphatic carbocycles.